The van der Waals surface area contributed by atoms with Crippen molar-refractivity contribution in [1.29, 1.82) is 0 Å². The molecule has 22 heavy (non-hydrogen) atoms. The first-order valence-electron chi connectivity index (χ1n) is 9.54. The van der Waals surface area contributed by atoms with Crippen LogP contribution in [-0.4, -0.2) is 29.7 Å². The van der Waals surface area contributed by atoms with Gasteiger partial charge in [-0.15, -0.1) is 0 Å². The van der Waals surface area contributed by atoms with Crippen molar-refractivity contribution in [1.82, 2.24) is 4.90 Å². The predicted molar refractivity (Wildman–Crippen MR) is 86.5 cm³/mol. The zero-order valence-corrected chi connectivity index (χ0v) is 14.2. The molecule has 3 nitrogen and oxygen atoms in total. The van der Waals surface area contributed by atoms with Crippen LogP contribution < -0.4 is 0 Å². The lowest BCUT2D eigenvalue weighted by Crippen LogP contribution is -2.46. The molecule has 4 fully saturated rings. The third-order valence-electron chi connectivity index (χ3n) is 7.29. The Labute approximate surface area is 134 Å². The molecular formula is C19H31NO2. The van der Waals surface area contributed by atoms with Gasteiger partial charge in [0, 0.05) is 19.0 Å². The minimum absolute atomic E-state index is 0.0598. The van der Waals surface area contributed by atoms with Crippen molar-refractivity contribution in [3.63, 3.8) is 0 Å². The quantitative estimate of drug-likeness (QED) is 0.754. The third-order valence-corrected chi connectivity index (χ3v) is 7.29. The molecule has 1 aliphatic heterocycles. The van der Waals surface area contributed by atoms with Crippen LogP contribution in [0.3, 0.4) is 0 Å². The van der Waals surface area contributed by atoms with Crippen molar-refractivity contribution < 1.29 is 9.53 Å². The number of fused-ring (bicyclic) bond motifs is 5. The standard InChI is InChI=1S/C19H31NO2/c1-19(2,22-18(21)20-9-4-3-5-10-20)17-12-13-11-16(17)15-8-6-7-14(13)15/h13-17H,3-12H2,1-2H3. The van der Waals surface area contributed by atoms with Crippen LogP contribution in [-0.2, 0) is 4.74 Å². The lowest BCUT2D eigenvalue weighted by atomic mass is 9.70. The first kappa shape index (κ1) is 14.8. The summed E-state index contributed by atoms with van der Waals surface area (Å²) in [6.07, 6.45) is 10.5. The van der Waals surface area contributed by atoms with Crippen molar-refractivity contribution in [3.8, 4) is 0 Å². The van der Waals surface area contributed by atoms with Gasteiger partial charge in [-0.2, -0.15) is 0 Å². The summed E-state index contributed by atoms with van der Waals surface area (Å²) in [5.41, 5.74) is -0.290. The van der Waals surface area contributed by atoms with Crippen LogP contribution in [0.1, 0.15) is 65.2 Å². The number of carbonyl (C=O) groups is 1. The van der Waals surface area contributed by atoms with Crippen LogP contribution >= 0.6 is 0 Å². The minimum Gasteiger partial charge on any atom is -0.443 e. The molecular weight excluding hydrogens is 274 g/mol. The van der Waals surface area contributed by atoms with Gasteiger partial charge in [0.15, 0.2) is 0 Å². The van der Waals surface area contributed by atoms with Gasteiger partial charge in [-0.05, 0) is 82.5 Å². The lowest BCUT2D eigenvalue weighted by Gasteiger charge is -2.42. The Morgan fingerprint density at radius 2 is 1.68 bits per heavy atom. The normalized spacial score (nSPS) is 40.8. The second kappa shape index (κ2) is 5.42. The molecule has 124 valence electrons. The van der Waals surface area contributed by atoms with Gasteiger partial charge in [0.25, 0.3) is 0 Å². The van der Waals surface area contributed by atoms with Gasteiger partial charge in [-0.1, -0.05) is 6.42 Å². The van der Waals surface area contributed by atoms with Crippen molar-refractivity contribution >= 4 is 6.09 Å². The predicted octanol–water partition coefficient (Wildman–Crippen LogP) is 4.46. The highest BCUT2D eigenvalue weighted by Crippen LogP contribution is 2.63. The summed E-state index contributed by atoms with van der Waals surface area (Å²) >= 11 is 0. The fourth-order valence-electron chi connectivity index (χ4n) is 6.31. The van der Waals surface area contributed by atoms with Gasteiger partial charge in [0.1, 0.15) is 5.60 Å². The smallest absolute Gasteiger partial charge is 0.410 e. The maximum absolute atomic E-state index is 12.5. The molecule has 0 aromatic carbocycles. The van der Waals surface area contributed by atoms with E-state index in [-0.39, 0.29) is 11.7 Å². The second-order valence-corrected chi connectivity index (χ2v) is 8.78. The maximum Gasteiger partial charge on any atom is 0.410 e. The van der Waals surface area contributed by atoms with E-state index in [2.05, 4.69) is 13.8 Å². The Kier molecular flexibility index (Phi) is 3.65. The largest absolute Gasteiger partial charge is 0.443 e. The van der Waals surface area contributed by atoms with Gasteiger partial charge in [0.2, 0.25) is 0 Å². The van der Waals surface area contributed by atoms with Crippen molar-refractivity contribution in [2.45, 2.75) is 70.8 Å². The topological polar surface area (TPSA) is 29.5 Å². The van der Waals surface area contributed by atoms with E-state index in [0.717, 1.165) is 49.6 Å². The summed E-state index contributed by atoms with van der Waals surface area (Å²) in [6.45, 7) is 6.11. The van der Waals surface area contributed by atoms with Crippen LogP contribution in [0.2, 0.25) is 0 Å². The summed E-state index contributed by atoms with van der Waals surface area (Å²) in [6, 6.07) is 0. The molecule has 0 aromatic heterocycles. The number of ether oxygens (including phenoxy) is 1. The zero-order valence-electron chi connectivity index (χ0n) is 14.2. The van der Waals surface area contributed by atoms with Crippen LogP contribution in [0.25, 0.3) is 0 Å². The molecule has 1 heterocycles. The van der Waals surface area contributed by atoms with Gasteiger partial charge >= 0.3 is 6.09 Å². The highest BCUT2D eigenvalue weighted by Gasteiger charge is 2.58. The number of amides is 1. The SMILES string of the molecule is CC(C)(OC(=O)N1CCCCC1)C1CC2CC1C1CCCC21. The minimum atomic E-state index is -0.290. The van der Waals surface area contributed by atoms with E-state index < -0.39 is 0 Å². The summed E-state index contributed by atoms with van der Waals surface area (Å²) in [5, 5.41) is 0. The summed E-state index contributed by atoms with van der Waals surface area (Å²) in [5.74, 6) is 4.29. The molecule has 2 bridgehead atoms. The Hall–Kier alpha value is -0.730. The van der Waals surface area contributed by atoms with E-state index in [1.54, 1.807) is 0 Å². The molecule has 0 spiro atoms. The lowest BCUT2D eigenvalue weighted by molar-refractivity contribution is -0.0539. The van der Waals surface area contributed by atoms with Crippen molar-refractivity contribution in [2.24, 2.45) is 29.6 Å². The first-order chi connectivity index (χ1) is 10.6. The molecule has 0 radical (unpaired) electrons. The maximum atomic E-state index is 12.5. The molecule has 3 saturated carbocycles. The van der Waals surface area contributed by atoms with E-state index in [4.69, 9.17) is 4.74 Å². The van der Waals surface area contributed by atoms with E-state index >= 15 is 0 Å². The average molecular weight is 305 g/mol. The van der Waals surface area contributed by atoms with E-state index in [0.29, 0.717) is 5.92 Å². The Balaban J connectivity index is 1.42. The van der Waals surface area contributed by atoms with E-state index in [9.17, 15) is 4.79 Å². The number of piperidine rings is 1. The van der Waals surface area contributed by atoms with Crippen LogP contribution in [0.15, 0.2) is 0 Å². The third kappa shape index (κ3) is 2.35. The summed E-state index contributed by atoms with van der Waals surface area (Å²) < 4.78 is 6.05. The van der Waals surface area contributed by atoms with Crippen LogP contribution in [0, 0.1) is 29.6 Å². The Morgan fingerprint density at radius 1 is 0.955 bits per heavy atom. The van der Waals surface area contributed by atoms with Gasteiger partial charge in [-0.3, -0.25) is 0 Å². The van der Waals surface area contributed by atoms with Gasteiger partial charge in [0.05, 0.1) is 0 Å². The van der Waals surface area contributed by atoms with Crippen LogP contribution in [0.4, 0.5) is 4.79 Å². The fourth-order valence-corrected chi connectivity index (χ4v) is 6.31. The molecule has 4 aliphatic rings. The van der Waals surface area contributed by atoms with Crippen LogP contribution in [0.5, 0.6) is 0 Å². The zero-order chi connectivity index (χ0) is 15.3. The molecule has 4 rings (SSSR count). The molecule has 1 amide bonds. The number of hydrogen-bond acceptors (Lipinski definition) is 2. The number of rotatable bonds is 2. The number of nitrogens with zero attached hydrogens (tertiary/aromatic N) is 1. The highest BCUT2D eigenvalue weighted by molar-refractivity contribution is 5.68. The molecule has 0 aromatic rings. The average Bonchev–Trinajstić information content (AvgIpc) is 3.20. The summed E-state index contributed by atoms with van der Waals surface area (Å²) in [7, 11) is 0. The molecule has 5 atom stereocenters. The number of hydrogen-bond donors (Lipinski definition) is 0. The van der Waals surface area contributed by atoms with Gasteiger partial charge in [-0.25, -0.2) is 4.79 Å². The Morgan fingerprint density at radius 3 is 2.45 bits per heavy atom. The van der Waals surface area contributed by atoms with E-state index in [1.165, 1.54) is 38.5 Å². The van der Waals surface area contributed by atoms with Crippen molar-refractivity contribution in [2.75, 3.05) is 13.1 Å². The first-order valence-corrected chi connectivity index (χ1v) is 9.54. The van der Waals surface area contributed by atoms with Gasteiger partial charge < -0.3 is 9.64 Å². The molecule has 1 saturated heterocycles. The molecule has 5 unspecified atom stereocenters. The highest BCUT2D eigenvalue weighted by atomic mass is 16.6. The fraction of sp³-hybridized carbons (Fsp3) is 0.947. The molecule has 0 N–H and O–H groups in total. The Bertz CT molecular complexity index is 441. The monoisotopic (exact) mass is 305 g/mol. The second-order valence-electron chi connectivity index (χ2n) is 8.78. The van der Waals surface area contributed by atoms with Crippen molar-refractivity contribution in [3.05, 3.63) is 0 Å². The molecule has 3 heteroatoms. The summed E-state index contributed by atoms with van der Waals surface area (Å²) in [4.78, 5) is 14.4. The van der Waals surface area contributed by atoms with E-state index in [1.807, 2.05) is 4.90 Å². The molecule has 3 aliphatic carbocycles. The number of carbonyl (C=O) groups excluding carboxylic acids is 1. The number of likely N-dealkylation sites (tertiary alicyclic amines) is 1.